The Morgan fingerprint density at radius 3 is 2.74 bits per heavy atom. The van der Waals surface area contributed by atoms with Crippen molar-refractivity contribution in [1.82, 2.24) is 9.80 Å². The molecule has 4 heteroatoms. The Kier molecular flexibility index (Phi) is 4.02. The van der Waals surface area contributed by atoms with Crippen LogP contribution in [0, 0.1) is 11.8 Å². The zero-order valence-corrected chi connectivity index (χ0v) is 13.7. The van der Waals surface area contributed by atoms with Crippen LogP contribution in [0.25, 0.3) is 0 Å². The summed E-state index contributed by atoms with van der Waals surface area (Å²) >= 11 is 0. The molecule has 2 atom stereocenters. The van der Waals surface area contributed by atoms with Gasteiger partial charge in [0.1, 0.15) is 5.75 Å². The van der Waals surface area contributed by atoms with Crippen molar-refractivity contribution in [3.63, 3.8) is 0 Å². The normalized spacial score (nSPS) is 28.4. The third kappa shape index (κ3) is 3.09. The molecule has 4 aliphatic rings. The fraction of sp³-hybridized carbons (Fsp3) is 0.632. The fourth-order valence-electron chi connectivity index (χ4n) is 4.40. The van der Waals surface area contributed by atoms with E-state index < -0.39 is 0 Å². The quantitative estimate of drug-likeness (QED) is 0.933. The topological polar surface area (TPSA) is 43.8 Å². The van der Waals surface area contributed by atoms with Crippen LogP contribution < -0.4 is 0 Å². The highest BCUT2D eigenvalue weighted by Gasteiger charge is 2.37. The minimum atomic E-state index is 0.0725. The number of carbonyl (C=O) groups is 1. The second-order valence-electron chi connectivity index (χ2n) is 7.61. The van der Waals surface area contributed by atoms with E-state index in [9.17, 15) is 9.90 Å². The van der Waals surface area contributed by atoms with Crippen LogP contribution in [-0.4, -0.2) is 53.0 Å². The molecular formula is C19H26N2O2. The third-order valence-corrected chi connectivity index (χ3v) is 5.92. The van der Waals surface area contributed by atoms with Crippen molar-refractivity contribution in [3.8, 4) is 5.75 Å². The molecule has 0 aromatic heterocycles. The first-order valence-corrected chi connectivity index (χ1v) is 9.01. The van der Waals surface area contributed by atoms with E-state index in [0.29, 0.717) is 17.5 Å². The number of fused-ring (bicyclic) bond motifs is 4. The molecule has 4 fully saturated rings. The van der Waals surface area contributed by atoms with Crippen molar-refractivity contribution < 1.29 is 9.90 Å². The molecule has 4 nitrogen and oxygen atoms in total. The lowest BCUT2D eigenvalue weighted by Gasteiger charge is -2.40. The highest BCUT2D eigenvalue weighted by atomic mass is 16.3. The summed E-state index contributed by atoms with van der Waals surface area (Å²) < 4.78 is 0. The van der Waals surface area contributed by atoms with Gasteiger partial charge in [0.05, 0.1) is 0 Å². The summed E-state index contributed by atoms with van der Waals surface area (Å²) in [4.78, 5) is 17.5. The van der Waals surface area contributed by atoms with Gasteiger partial charge in [0.2, 0.25) is 0 Å². The number of benzene rings is 1. The van der Waals surface area contributed by atoms with Crippen LogP contribution >= 0.6 is 0 Å². The van der Waals surface area contributed by atoms with E-state index in [1.54, 1.807) is 24.3 Å². The summed E-state index contributed by atoms with van der Waals surface area (Å²) in [5.41, 5.74) is 0.608. The first kappa shape index (κ1) is 15.0. The van der Waals surface area contributed by atoms with Gasteiger partial charge in [0, 0.05) is 37.8 Å². The summed E-state index contributed by atoms with van der Waals surface area (Å²) in [7, 11) is 0. The number of phenolic OH excluding ortho intramolecular Hbond substituents is 1. The second-order valence-corrected chi connectivity index (χ2v) is 7.61. The Morgan fingerprint density at radius 2 is 2.00 bits per heavy atom. The van der Waals surface area contributed by atoms with Crippen LogP contribution in [0.15, 0.2) is 24.3 Å². The maximum atomic E-state index is 12.8. The predicted octanol–water partition coefficient (Wildman–Crippen LogP) is 2.73. The maximum Gasteiger partial charge on any atom is 0.254 e. The lowest BCUT2D eigenvalue weighted by atomic mass is 9.83. The minimum Gasteiger partial charge on any atom is -0.508 e. The number of hydrogen-bond donors (Lipinski definition) is 1. The molecule has 1 saturated carbocycles. The van der Waals surface area contributed by atoms with E-state index >= 15 is 0 Å². The summed E-state index contributed by atoms with van der Waals surface area (Å²) in [5.74, 6) is 1.74. The zero-order chi connectivity index (χ0) is 15.8. The molecule has 1 amide bonds. The SMILES string of the molecule is O=C(c1cccc(O)c1)N1C[C@@H]2CC[C@H](C1)N(CC1CCC1)C2. The molecule has 1 aromatic rings. The van der Waals surface area contributed by atoms with Gasteiger partial charge < -0.3 is 10.0 Å². The van der Waals surface area contributed by atoms with Gasteiger partial charge in [-0.15, -0.1) is 0 Å². The molecule has 124 valence electrons. The number of hydrogen-bond acceptors (Lipinski definition) is 3. The van der Waals surface area contributed by atoms with E-state index in [1.807, 2.05) is 4.90 Å². The van der Waals surface area contributed by atoms with E-state index in [-0.39, 0.29) is 11.7 Å². The monoisotopic (exact) mass is 314 g/mol. The Labute approximate surface area is 138 Å². The van der Waals surface area contributed by atoms with Crippen molar-refractivity contribution in [2.24, 2.45) is 11.8 Å². The fourth-order valence-corrected chi connectivity index (χ4v) is 4.40. The molecule has 5 rings (SSSR count). The number of rotatable bonds is 3. The molecule has 0 radical (unpaired) electrons. The number of carbonyl (C=O) groups excluding carboxylic acids is 1. The van der Waals surface area contributed by atoms with Crippen LogP contribution in [0.4, 0.5) is 0 Å². The van der Waals surface area contributed by atoms with Crippen LogP contribution in [0.2, 0.25) is 0 Å². The van der Waals surface area contributed by atoms with Gasteiger partial charge in [0.25, 0.3) is 5.91 Å². The number of amides is 1. The molecule has 1 aromatic carbocycles. The third-order valence-electron chi connectivity index (χ3n) is 5.92. The highest BCUT2D eigenvalue weighted by Crippen LogP contribution is 2.33. The molecule has 1 aliphatic carbocycles. The van der Waals surface area contributed by atoms with Gasteiger partial charge in [-0.2, -0.15) is 0 Å². The van der Waals surface area contributed by atoms with Gasteiger partial charge in [-0.05, 0) is 55.7 Å². The molecule has 3 heterocycles. The van der Waals surface area contributed by atoms with Crippen LogP contribution in [-0.2, 0) is 0 Å². The summed E-state index contributed by atoms with van der Waals surface area (Å²) in [5, 5.41) is 9.63. The van der Waals surface area contributed by atoms with E-state index in [0.717, 1.165) is 25.6 Å². The standard InChI is InChI=1S/C19H26N2O2/c22-18-6-2-5-16(9-18)19(23)21-12-15-7-8-17(13-21)20(11-15)10-14-3-1-4-14/h2,5-6,9,14-15,17,22H,1,3-4,7-8,10-13H2/t15-,17-/m1/s1. The molecule has 0 unspecified atom stereocenters. The van der Waals surface area contributed by atoms with Crippen molar-refractivity contribution in [3.05, 3.63) is 29.8 Å². The molecular weight excluding hydrogens is 288 g/mol. The van der Waals surface area contributed by atoms with Crippen molar-refractivity contribution in [2.75, 3.05) is 26.2 Å². The molecule has 2 bridgehead atoms. The molecule has 0 spiro atoms. The molecule has 3 saturated heterocycles. The van der Waals surface area contributed by atoms with Crippen LogP contribution in [0.5, 0.6) is 5.75 Å². The Balaban J connectivity index is 1.47. The highest BCUT2D eigenvalue weighted by molar-refractivity contribution is 5.94. The molecule has 1 N–H and O–H groups in total. The maximum absolute atomic E-state index is 12.8. The Hall–Kier alpha value is -1.55. The molecule has 23 heavy (non-hydrogen) atoms. The summed E-state index contributed by atoms with van der Waals surface area (Å²) in [6.45, 7) is 4.10. The van der Waals surface area contributed by atoms with Gasteiger partial charge in [-0.1, -0.05) is 12.5 Å². The number of aromatic hydroxyl groups is 1. The van der Waals surface area contributed by atoms with Gasteiger partial charge in [-0.25, -0.2) is 0 Å². The Bertz CT molecular complexity index is 584. The average molecular weight is 314 g/mol. The number of phenols is 1. The van der Waals surface area contributed by atoms with E-state index in [4.69, 9.17) is 0 Å². The Morgan fingerprint density at radius 1 is 1.13 bits per heavy atom. The smallest absolute Gasteiger partial charge is 0.254 e. The van der Waals surface area contributed by atoms with Crippen LogP contribution in [0.1, 0.15) is 42.5 Å². The number of nitrogens with zero attached hydrogens (tertiary/aromatic N) is 2. The van der Waals surface area contributed by atoms with Crippen molar-refractivity contribution >= 4 is 5.91 Å². The van der Waals surface area contributed by atoms with Gasteiger partial charge in [-0.3, -0.25) is 9.69 Å². The largest absolute Gasteiger partial charge is 0.508 e. The molecule has 3 aliphatic heterocycles. The lowest BCUT2D eigenvalue weighted by Crippen LogP contribution is -2.47. The van der Waals surface area contributed by atoms with Crippen molar-refractivity contribution in [1.29, 1.82) is 0 Å². The lowest BCUT2D eigenvalue weighted by molar-refractivity contribution is 0.0717. The zero-order valence-electron chi connectivity index (χ0n) is 13.7. The first-order chi connectivity index (χ1) is 11.2. The first-order valence-electron chi connectivity index (χ1n) is 9.01. The van der Waals surface area contributed by atoms with Gasteiger partial charge in [0.15, 0.2) is 0 Å². The summed E-state index contributed by atoms with van der Waals surface area (Å²) in [6.07, 6.45) is 6.64. The second kappa shape index (κ2) is 6.16. The van der Waals surface area contributed by atoms with Crippen LogP contribution in [0.3, 0.4) is 0 Å². The van der Waals surface area contributed by atoms with Gasteiger partial charge >= 0.3 is 0 Å². The van der Waals surface area contributed by atoms with E-state index in [1.165, 1.54) is 38.6 Å². The number of piperidine rings is 1. The average Bonchev–Trinajstić information content (AvgIpc) is 2.82. The predicted molar refractivity (Wildman–Crippen MR) is 89.4 cm³/mol. The minimum absolute atomic E-state index is 0.0725. The summed E-state index contributed by atoms with van der Waals surface area (Å²) in [6, 6.07) is 7.28. The van der Waals surface area contributed by atoms with E-state index in [2.05, 4.69) is 4.90 Å². The van der Waals surface area contributed by atoms with Crippen molar-refractivity contribution in [2.45, 2.75) is 38.1 Å².